The number of rotatable bonds is 2. The van der Waals surface area contributed by atoms with E-state index in [-0.39, 0.29) is 11.7 Å². The van der Waals surface area contributed by atoms with Crippen molar-refractivity contribution >= 4 is 11.8 Å². The summed E-state index contributed by atoms with van der Waals surface area (Å²) < 4.78 is 0. The lowest BCUT2D eigenvalue weighted by Gasteiger charge is -2.36. The Morgan fingerprint density at radius 1 is 1.35 bits per heavy atom. The first-order chi connectivity index (χ1) is 8.06. The Hall–Kier alpha value is -1.64. The summed E-state index contributed by atoms with van der Waals surface area (Å²) in [5.74, 6) is -1.36. The first-order valence-electron chi connectivity index (χ1n) is 5.88. The molecule has 0 bridgehead atoms. The van der Waals surface area contributed by atoms with Crippen LogP contribution in [0.1, 0.15) is 37.7 Å². The van der Waals surface area contributed by atoms with Gasteiger partial charge in [-0.05, 0) is 25.3 Å². The van der Waals surface area contributed by atoms with Crippen LogP contribution in [-0.4, -0.2) is 16.9 Å². The molecule has 3 nitrogen and oxygen atoms in total. The van der Waals surface area contributed by atoms with Gasteiger partial charge in [0.2, 0.25) is 0 Å². The molecule has 1 aromatic carbocycles. The minimum absolute atomic E-state index is 0.148. The van der Waals surface area contributed by atoms with Crippen molar-refractivity contribution < 1.29 is 14.7 Å². The van der Waals surface area contributed by atoms with Gasteiger partial charge in [0.25, 0.3) is 0 Å². The molecule has 0 heterocycles. The zero-order chi connectivity index (χ0) is 12.5. The summed E-state index contributed by atoms with van der Waals surface area (Å²) in [6, 6.07) is 9.48. The van der Waals surface area contributed by atoms with Gasteiger partial charge in [-0.1, -0.05) is 30.3 Å². The van der Waals surface area contributed by atoms with Crippen molar-refractivity contribution in [3.8, 4) is 0 Å². The quantitative estimate of drug-likeness (QED) is 0.797. The molecule has 0 spiro atoms. The van der Waals surface area contributed by atoms with Gasteiger partial charge < -0.3 is 5.11 Å². The van der Waals surface area contributed by atoms with Gasteiger partial charge in [-0.25, -0.2) is 0 Å². The number of benzene rings is 1. The van der Waals surface area contributed by atoms with E-state index in [4.69, 9.17) is 0 Å². The highest BCUT2D eigenvalue weighted by molar-refractivity contribution is 6.04. The zero-order valence-corrected chi connectivity index (χ0v) is 9.85. The third kappa shape index (κ3) is 1.86. The molecule has 0 saturated heterocycles. The molecular formula is C14H16O3. The number of carbonyl (C=O) groups is 2. The van der Waals surface area contributed by atoms with Crippen LogP contribution in [0.2, 0.25) is 0 Å². The molecule has 0 unspecified atom stereocenters. The summed E-state index contributed by atoms with van der Waals surface area (Å²) in [5.41, 5.74) is -0.315. The second-order valence-electron chi connectivity index (χ2n) is 4.79. The molecule has 90 valence electrons. The van der Waals surface area contributed by atoms with Crippen LogP contribution in [0.5, 0.6) is 0 Å². The molecule has 2 rings (SSSR count). The van der Waals surface area contributed by atoms with Gasteiger partial charge in [0.05, 0.1) is 0 Å². The predicted molar refractivity (Wildman–Crippen MR) is 63.8 cm³/mol. The Morgan fingerprint density at radius 2 is 2.00 bits per heavy atom. The molecule has 1 N–H and O–H groups in total. The van der Waals surface area contributed by atoms with E-state index in [1.165, 1.54) is 0 Å². The Bertz CT molecular complexity index is 438. The SMILES string of the molecule is C[C@@]1(C(=O)O)C(=O)CCC[C@@H]1c1ccccc1. The largest absolute Gasteiger partial charge is 0.480 e. The summed E-state index contributed by atoms with van der Waals surface area (Å²) in [6.07, 6.45) is 1.92. The standard InChI is InChI=1S/C14H16O3/c1-14(13(16)17)11(8-5-9-12(14)15)10-6-3-2-4-7-10/h2-4,6-7,11H,5,8-9H2,1H3,(H,16,17)/t11-,14+/m1/s1. The lowest BCUT2D eigenvalue weighted by atomic mass is 9.64. The number of hydrogen-bond acceptors (Lipinski definition) is 2. The molecule has 0 aromatic heterocycles. The van der Waals surface area contributed by atoms with E-state index in [2.05, 4.69) is 0 Å². The van der Waals surface area contributed by atoms with Crippen LogP contribution in [-0.2, 0) is 9.59 Å². The van der Waals surface area contributed by atoms with Crippen LogP contribution in [0.3, 0.4) is 0 Å². The summed E-state index contributed by atoms with van der Waals surface area (Å²) in [7, 11) is 0. The molecule has 17 heavy (non-hydrogen) atoms. The fraction of sp³-hybridized carbons (Fsp3) is 0.429. The number of carboxylic acids is 1. The molecule has 0 aliphatic heterocycles. The predicted octanol–water partition coefficient (Wildman–Crippen LogP) is 2.61. The average molecular weight is 232 g/mol. The van der Waals surface area contributed by atoms with Gasteiger partial charge in [-0.15, -0.1) is 0 Å². The Balaban J connectivity index is 2.44. The van der Waals surface area contributed by atoms with Gasteiger partial charge in [-0.2, -0.15) is 0 Å². The van der Waals surface area contributed by atoms with Crippen molar-refractivity contribution in [2.24, 2.45) is 5.41 Å². The van der Waals surface area contributed by atoms with Gasteiger partial charge in [0.15, 0.2) is 5.78 Å². The minimum Gasteiger partial charge on any atom is -0.480 e. The molecule has 0 radical (unpaired) electrons. The molecule has 1 aliphatic rings. The number of carbonyl (C=O) groups excluding carboxylic acids is 1. The van der Waals surface area contributed by atoms with Crippen molar-refractivity contribution in [3.63, 3.8) is 0 Å². The van der Waals surface area contributed by atoms with Crippen LogP contribution >= 0.6 is 0 Å². The van der Waals surface area contributed by atoms with E-state index in [1.54, 1.807) is 6.92 Å². The van der Waals surface area contributed by atoms with E-state index in [1.807, 2.05) is 30.3 Å². The first-order valence-corrected chi connectivity index (χ1v) is 5.88. The summed E-state index contributed by atoms with van der Waals surface area (Å²) in [6.45, 7) is 1.56. The van der Waals surface area contributed by atoms with Gasteiger partial charge >= 0.3 is 5.97 Å². The first kappa shape index (κ1) is 11.8. The normalized spacial score (nSPS) is 29.0. The molecule has 2 atom stereocenters. The number of carboxylic acid groups (broad SMARTS) is 1. The van der Waals surface area contributed by atoms with Crippen molar-refractivity contribution in [3.05, 3.63) is 35.9 Å². The summed E-state index contributed by atoms with van der Waals surface area (Å²) >= 11 is 0. The molecule has 1 saturated carbocycles. The molecule has 0 amide bonds. The van der Waals surface area contributed by atoms with E-state index >= 15 is 0 Å². The average Bonchev–Trinajstić information content (AvgIpc) is 2.33. The van der Waals surface area contributed by atoms with E-state index in [0.29, 0.717) is 6.42 Å². The highest BCUT2D eigenvalue weighted by atomic mass is 16.4. The third-order valence-corrected chi connectivity index (χ3v) is 3.82. The molecule has 3 heteroatoms. The van der Waals surface area contributed by atoms with Gasteiger partial charge in [-0.3, -0.25) is 9.59 Å². The van der Waals surface area contributed by atoms with Gasteiger partial charge in [0.1, 0.15) is 5.41 Å². The second kappa shape index (κ2) is 4.32. The van der Waals surface area contributed by atoms with Crippen LogP contribution in [0, 0.1) is 5.41 Å². The fourth-order valence-corrected chi connectivity index (χ4v) is 2.66. The van der Waals surface area contributed by atoms with Crippen molar-refractivity contribution in [1.82, 2.24) is 0 Å². The van der Waals surface area contributed by atoms with Crippen molar-refractivity contribution in [1.29, 1.82) is 0 Å². The van der Waals surface area contributed by atoms with Crippen molar-refractivity contribution in [2.45, 2.75) is 32.1 Å². The lowest BCUT2D eigenvalue weighted by Crippen LogP contribution is -2.44. The second-order valence-corrected chi connectivity index (χ2v) is 4.79. The number of ketones is 1. The van der Waals surface area contributed by atoms with E-state index in [9.17, 15) is 14.7 Å². The Morgan fingerprint density at radius 3 is 2.59 bits per heavy atom. The summed E-state index contributed by atoms with van der Waals surface area (Å²) in [4.78, 5) is 23.4. The number of hydrogen-bond donors (Lipinski definition) is 1. The fourth-order valence-electron chi connectivity index (χ4n) is 2.66. The minimum atomic E-state index is -1.26. The monoisotopic (exact) mass is 232 g/mol. The summed E-state index contributed by atoms with van der Waals surface area (Å²) in [5, 5.41) is 9.38. The van der Waals surface area contributed by atoms with Crippen LogP contribution < -0.4 is 0 Å². The van der Waals surface area contributed by atoms with Crippen LogP contribution in [0.25, 0.3) is 0 Å². The third-order valence-electron chi connectivity index (χ3n) is 3.82. The van der Waals surface area contributed by atoms with Crippen LogP contribution in [0.4, 0.5) is 0 Å². The van der Waals surface area contributed by atoms with E-state index < -0.39 is 11.4 Å². The van der Waals surface area contributed by atoms with Crippen molar-refractivity contribution in [2.75, 3.05) is 0 Å². The molecule has 1 fully saturated rings. The molecular weight excluding hydrogens is 216 g/mol. The van der Waals surface area contributed by atoms with E-state index in [0.717, 1.165) is 18.4 Å². The topological polar surface area (TPSA) is 54.4 Å². The maximum absolute atomic E-state index is 12.0. The highest BCUT2D eigenvalue weighted by Gasteiger charge is 2.50. The zero-order valence-electron chi connectivity index (χ0n) is 9.85. The maximum atomic E-state index is 12.0. The lowest BCUT2D eigenvalue weighted by molar-refractivity contribution is -0.157. The maximum Gasteiger partial charge on any atom is 0.317 e. The van der Waals surface area contributed by atoms with Gasteiger partial charge in [0, 0.05) is 12.3 Å². The Kier molecular flexibility index (Phi) is 3.01. The Labute approximate surface area is 100 Å². The molecule has 1 aliphatic carbocycles. The number of Topliss-reactive ketones (excluding diaryl/α,β-unsaturated/α-hetero) is 1. The number of aliphatic carboxylic acids is 1. The molecule has 1 aromatic rings. The van der Waals surface area contributed by atoms with Crippen LogP contribution in [0.15, 0.2) is 30.3 Å². The smallest absolute Gasteiger partial charge is 0.317 e. The highest BCUT2D eigenvalue weighted by Crippen LogP contribution is 2.45.